The van der Waals surface area contributed by atoms with E-state index >= 15 is 0 Å². The van der Waals surface area contributed by atoms with Gasteiger partial charge >= 0.3 is 0 Å². The number of ether oxygens (including phenoxy) is 2. The highest BCUT2D eigenvalue weighted by Crippen LogP contribution is 2.37. The first-order chi connectivity index (χ1) is 15.2. The summed E-state index contributed by atoms with van der Waals surface area (Å²) in [5.74, 6) is -1.80. The molecule has 0 amide bonds. The molecule has 5 atom stereocenters. The Balaban J connectivity index is 1.66. The van der Waals surface area contributed by atoms with Crippen LogP contribution < -0.4 is 10.2 Å². The van der Waals surface area contributed by atoms with E-state index in [4.69, 9.17) is 13.9 Å². The van der Waals surface area contributed by atoms with Gasteiger partial charge in [-0.2, -0.15) is 0 Å². The van der Waals surface area contributed by atoms with E-state index in [9.17, 15) is 40.5 Å². The van der Waals surface area contributed by atoms with Crippen LogP contribution in [-0.4, -0.2) is 73.1 Å². The number of hydrogen-bond donors (Lipinski definition) is 7. The Kier molecular flexibility index (Phi) is 5.67. The van der Waals surface area contributed by atoms with Crippen LogP contribution in [0.5, 0.6) is 23.0 Å². The highest BCUT2D eigenvalue weighted by molar-refractivity contribution is 5.83. The Labute approximate surface area is 179 Å². The van der Waals surface area contributed by atoms with Crippen molar-refractivity contribution in [3.05, 3.63) is 46.6 Å². The van der Waals surface area contributed by atoms with Crippen molar-refractivity contribution in [3.63, 3.8) is 0 Å². The minimum atomic E-state index is -1.68. The van der Waals surface area contributed by atoms with Crippen molar-refractivity contribution in [2.24, 2.45) is 0 Å². The molecule has 7 N–H and O–H groups in total. The summed E-state index contributed by atoms with van der Waals surface area (Å²) < 4.78 is 16.2. The summed E-state index contributed by atoms with van der Waals surface area (Å²) in [7, 11) is 0. The molecule has 4 rings (SSSR count). The molecule has 11 nitrogen and oxygen atoms in total. The van der Waals surface area contributed by atoms with E-state index in [1.807, 2.05) is 0 Å². The average molecular weight is 448 g/mol. The summed E-state index contributed by atoms with van der Waals surface area (Å²) in [4.78, 5) is 12.4. The molecule has 1 saturated heterocycles. The molecule has 0 spiro atoms. The Bertz CT molecular complexity index is 1200. The number of rotatable bonds is 4. The molecule has 11 heteroatoms. The standard InChI is InChI=1S/C21H20O11/c22-7-14-16(26)17(27)19(29)21(32-14)31-12-4-1-8(5-11(12)24)20-18(28)15(25)10-3-2-9(23)6-13(10)30-20/h1-6,14,16-17,19,21-24,26-29H,7H2/t14-,16+,17-,19-,21+/m1/s1. The highest BCUT2D eigenvalue weighted by atomic mass is 16.7. The van der Waals surface area contributed by atoms with E-state index < -0.39 is 54.2 Å². The Morgan fingerprint density at radius 3 is 2.38 bits per heavy atom. The molecule has 2 heterocycles. The maximum atomic E-state index is 12.4. The quantitative estimate of drug-likeness (QED) is 0.279. The maximum absolute atomic E-state index is 12.4. The molecule has 32 heavy (non-hydrogen) atoms. The molecular formula is C21H20O11. The van der Waals surface area contributed by atoms with E-state index in [2.05, 4.69) is 0 Å². The molecule has 2 aromatic carbocycles. The van der Waals surface area contributed by atoms with E-state index in [0.717, 1.165) is 6.07 Å². The summed E-state index contributed by atoms with van der Waals surface area (Å²) in [6, 6.07) is 7.47. The number of phenolic OH excluding ortho intramolecular Hbond substituents is 2. The molecule has 1 aromatic heterocycles. The van der Waals surface area contributed by atoms with Crippen molar-refractivity contribution in [2.45, 2.75) is 30.7 Å². The fraction of sp³-hybridized carbons (Fsp3) is 0.286. The molecule has 1 fully saturated rings. The fourth-order valence-corrected chi connectivity index (χ4v) is 3.42. The number of fused-ring (bicyclic) bond motifs is 1. The first-order valence-electron chi connectivity index (χ1n) is 9.50. The highest BCUT2D eigenvalue weighted by Gasteiger charge is 2.44. The lowest BCUT2D eigenvalue weighted by molar-refractivity contribution is -0.277. The van der Waals surface area contributed by atoms with Gasteiger partial charge in [0.25, 0.3) is 0 Å². The van der Waals surface area contributed by atoms with Crippen LogP contribution in [-0.2, 0) is 4.74 Å². The second-order valence-corrected chi connectivity index (χ2v) is 7.29. The number of hydrogen-bond acceptors (Lipinski definition) is 11. The normalized spacial score (nSPS) is 25.7. The van der Waals surface area contributed by atoms with Gasteiger partial charge in [0, 0.05) is 11.6 Å². The van der Waals surface area contributed by atoms with Crippen LogP contribution in [0.4, 0.5) is 0 Å². The van der Waals surface area contributed by atoms with Crippen LogP contribution in [0.1, 0.15) is 0 Å². The summed E-state index contributed by atoms with van der Waals surface area (Å²) in [5.41, 5.74) is -0.616. The van der Waals surface area contributed by atoms with Gasteiger partial charge in [0.1, 0.15) is 35.7 Å². The monoisotopic (exact) mass is 448 g/mol. The molecule has 0 unspecified atom stereocenters. The Morgan fingerprint density at radius 2 is 1.69 bits per heavy atom. The van der Waals surface area contributed by atoms with Gasteiger partial charge in [0.15, 0.2) is 17.3 Å². The smallest absolute Gasteiger partial charge is 0.235 e. The van der Waals surface area contributed by atoms with Crippen LogP contribution in [0.25, 0.3) is 22.3 Å². The lowest BCUT2D eigenvalue weighted by Crippen LogP contribution is -2.60. The predicted octanol–water partition coefficient (Wildman–Crippen LogP) is -0.245. The molecular weight excluding hydrogens is 428 g/mol. The number of aromatic hydroxyl groups is 3. The van der Waals surface area contributed by atoms with E-state index in [1.165, 1.54) is 30.3 Å². The van der Waals surface area contributed by atoms with Gasteiger partial charge in [-0.05, 0) is 30.3 Å². The number of phenols is 2. The number of benzene rings is 2. The van der Waals surface area contributed by atoms with Crippen molar-refractivity contribution in [2.75, 3.05) is 6.61 Å². The second-order valence-electron chi connectivity index (χ2n) is 7.29. The Hall–Kier alpha value is -3.35. The molecule has 0 aliphatic carbocycles. The van der Waals surface area contributed by atoms with Crippen molar-refractivity contribution in [1.82, 2.24) is 0 Å². The van der Waals surface area contributed by atoms with Gasteiger partial charge in [-0.1, -0.05) is 0 Å². The fourth-order valence-electron chi connectivity index (χ4n) is 3.42. The van der Waals surface area contributed by atoms with E-state index in [0.29, 0.717) is 0 Å². The van der Waals surface area contributed by atoms with Gasteiger partial charge in [-0.3, -0.25) is 4.79 Å². The molecule has 0 radical (unpaired) electrons. The zero-order chi connectivity index (χ0) is 23.2. The zero-order valence-electron chi connectivity index (χ0n) is 16.3. The minimum Gasteiger partial charge on any atom is -0.508 e. The third-order valence-electron chi connectivity index (χ3n) is 5.16. The van der Waals surface area contributed by atoms with Crippen molar-refractivity contribution < 1.29 is 49.6 Å². The first kappa shape index (κ1) is 21.9. The lowest BCUT2D eigenvalue weighted by Gasteiger charge is -2.39. The maximum Gasteiger partial charge on any atom is 0.235 e. The van der Waals surface area contributed by atoms with Crippen molar-refractivity contribution in [3.8, 4) is 34.3 Å². The van der Waals surface area contributed by atoms with Crippen LogP contribution in [0.2, 0.25) is 0 Å². The first-order valence-corrected chi connectivity index (χ1v) is 9.50. The molecule has 3 aromatic rings. The SMILES string of the molecule is O=c1c(O)c(-c2ccc(O[C@H]3O[C@H](CO)[C@H](O)[C@@H](O)[C@H]3O)c(O)c2)oc2cc(O)ccc12. The van der Waals surface area contributed by atoms with Crippen LogP contribution >= 0.6 is 0 Å². The van der Waals surface area contributed by atoms with Crippen molar-refractivity contribution >= 4 is 11.0 Å². The average Bonchev–Trinajstić information content (AvgIpc) is 2.77. The second kappa shape index (κ2) is 8.30. The van der Waals surface area contributed by atoms with Crippen LogP contribution in [0, 0.1) is 0 Å². The van der Waals surface area contributed by atoms with Crippen LogP contribution in [0.15, 0.2) is 45.6 Å². The molecule has 1 aliphatic heterocycles. The van der Waals surface area contributed by atoms with E-state index in [-0.39, 0.29) is 33.8 Å². The summed E-state index contributed by atoms with van der Waals surface area (Å²) >= 11 is 0. The van der Waals surface area contributed by atoms with Gasteiger partial charge in [-0.15, -0.1) is 0 Å². The number of aliphatic hydroxyl groups excluding tert-OH is 4. The lowest BCUT2D eigenvalue weighted by atomic mass is 9.99. The van der Waals surface area contributed by atoms with Crippen LogP contribution in [0.3, 0.4) is 0 Å². The summed E-state index contributed by atoms with van der Waals surface area (Å²) in [6.07, 6.45) is -7.61. The predicted molar refractivity (Wildman–Crippen MR) is 107 cm³/mol. The zero-order valence-corrected chi connectivity index (χ0v) is 16.3. The number of aliphatic hydroxyl groups is 4. The summed E-state index contributed by atoms with van der Waals surface area (Å²) in [5, 5.41) is 69.3. The third-order valence-corrected chi connectivity index (χ3v) is 5.16. The molecule has 0 bridgehead atoms. The largest absolute Gasteiger partial charge is 0.508 e. The molecule has 1 aliphatic rings. The minimum absolute atomic E-state index is 0.0175. The van der Waals surface area contributed by atoms with Gasteiger partial charge < -0.3 is 49.6 Å². The summed E-state index contributed by atoms with van der Waals surface area (Å²) in [6.45, 7) is -0.647. The van der Waals surface area contributed by atoms with E-state index in [1.54, 1.807) is 0 Å². The van der Waals surface area contributed by atoms with Crippen molar-refractivity contribution in [1.29, 1.82) is 0 Å². The van der Waals surface area contributed by atoms with Gasteiger partial charge in [-0.25, -0.2) is 0 Å². The Morgan fingerprint density at radius 1 is 0.938 bits per heavy atom. The third kappa shape index (κ3) is 3.72. The molecule has 0 saturated carbocycles. The topological polar surface area (TPSA) is 190 Å². The van der Waals surface area contributed by atoms with Gasteiger partial charge in [0.05, 0.1) is 12.0 Å². The molecule has 170 valence electrons. The van der Waals surface area contributed by atoms with Gasteiger partial charge in [0.2, 0.25) is 17.5 Å².